The van der Waals surface area contributed by atoms with Gasteiger partial charge in [0.15, 0.2) is 0 Å². The number of amides is 1. The Bertz CT molecular complexity index is 471. The van der Waals surface area contributed by atoms with E-state index in [1.54, 1.807) is 0 Å². The van der Waals surface area contributed by atoms with Crippen molar-refractivity contribution in [2.45, 2.75) is 25.9 Å². The normalized spacial score (nSPS) is 13.1. The Morgan fingerprint density at radius 2 is 2.10 bits per heavy atom. The quantitative estimate of drug-likeness (QED) is 0.730. The Labute approximate surface area is 114 Å². The van der Waals surface area contributed by atoms with Crippen molar-refractivity contribution < 1.29 is 23.1 Å². The second kappa shape index (κ2) is 6.60. The Morgan fingerprint density at radius 1 is 1.45 bits per heavy atom. The number of carbonyl (C=O) groups is 1. The van der Waals surface area contributed by atoms with Gasteiger partial charge in [-0.3, -0.25) is 4.79 Å². The Morgan fingerprint density at radius 3 is 2.60 bits per heavy atom. The molecule has 0 radical (unpaired) electrons. The molecule has 1 rings (SSSR count). The van der Waals surface area contributed by atoms with Gasteiger partial charge in [-0.05, 0) is 30.7 Å². The lowest BCUT2D eigenvalue weighted by Crippen LogP contribution is -2.22. The van der Waals surface area contributed by atoms with Crippen LogP contribution in [0.1, 0.15) is 25.3 Å². The van der Waals surface area contributed by atoms with Crippen LogP contribution in [0.2, 0.25) is 0 Å². The molecular weight excluding hydrogens is 273 g/mol. The average molecular weight is 290 g/mol. The van der Waals surface area contributed by atoms with Gasteiger partial charge in [0.05, 0.1) is 11.3 Å². The van der Waals surface area contributed by atoms with Crippen LogP contribution in [-0.2, 0) is 11.0 Å². The molecule has 0 aliphatic heterocycles. The van der Waals surface area contributed by atoms with Crippen LogP contribution >= 0.6 is 0 Å². The Balaban J connectivity index is 2.84. The summed E-state index contributed by atoms with van der Waals surface area (Å²) in [5.41, 5.74) is 4.27. The third-order valence-electron chi connectivity index (χ3n) is 2.98. The van der Waals surface area contributed by atoms with Crippen LogP contribution in [0.15, 0.2) is 18.2 Å². The number of anilines is 1. The summed E-state index contributed by atoms with van der Waals surface area (Å²) in [7, 11) is 0. The van der Waals surface area contributed by atoms with E-state index in [-0.39, 0.29) is 18.0 Å². The van der Waals surface area contributed by atoms with E-state index in [0.717, 1.165) is 12.1 Å². The van der Waals surface area contributed by atoms with E-state index in [2.05, 4.69) is 5.32 Å². The molecule has 1 amide bonds. The van der Waals surface area contributed by atoms with Gasteiger partial charge >= 0.3 is 6.18 Å². The molecule has 4 nitrogen and oxygen atoms in total. The first kappa shape index (κ1) is 16.3. The maximum absolute atomic E-state index is 12.5. The van der Waals surface area contributed by atoms with E-state index in [1.165, 1.54) is 0 Å². The molecule has 0 fully saturated rings. The highest BCUT2D eigenvalue weighted by atomic mass is 19.4. The van der Waals surface area contributed by atoms with Crippen molar-refractivity contribution in [3.8, 4) is 5.75 Å². The zero-order valence-corrected chi connectivity index (χ0v) is 11.0. The predicted octanol–water partition coefficient (Wildman–Crippen LogP) is 2.72. The minimum Gasteiger partial charge on any atom is -0.506 e. The molecule has 0 aliphatic rings. The van der Waals surface area contributed by atoms with E-state index < -0.39 is 23.4 Å². The van der Waals surface area contributed by atoms with E-state index in [0.29, 0.717) is 19.0 Å². The van der Waals surface area contributed by atoms with Crippen molar-refractivity contribution in [2.75, 3.05) is 11.9 Å². The Kier molecular flexibility index (Phi) is 5.38. The Hall–Kier alpha value is -1.76. The monoisotopic (exact) mass is 290 g/mol. The molecule has 1 aromatic carbocycles. The molecule has 4 N–H and O–H groups in total. The molecule has 0 bridgehead atoms. The zero-order valence-electron chi connectivity index (χ0n) is 11.0. The third-order valence-corrected chi connectivity index (χ3v) is 2.98. The van der Waals surface area contributed by atoms with Gasteiger partial charge in [0.1, 0.15) is 5.75 Å². The van der Waals surface area contributed by atoms with Crippen LogP contribution in [0.25, 0.3) is 0 Å². The number of aromatic hydroxyl groups is 1. The topological polar surface area (TPSA) is 75.4 Å². The number of alkyl halides is 3. The van der Waals surface area contributed by atoms with Gasteiger partial charge < -0.3 is 16.2 Å². The summed E-state index contributed by atoms with van der Waals surface area (Å²) in [6.07, 6.45) is -3.74. The number of phenols is 1. The van der Waals surface area contributed by atoms with Gasteiger partial charge in [-0.1, -0.05) is 13.3 Å². The summed E-state index contributed by atoms with van der Waals surface area (Å²) in [4.78, 5) is 11.7. The first-order chi connectivity index (χ1) is 9.27. The minimum absolute atomic E-state index is 0.0389. The number of nitrogens with one attached hydrogen (secondary N) is 1. The highest BCUT2D eigenvalue weighted by Crippen LogP contribution is 2.34. The maximum atomic E-state index is 12.5. The van der Waals surface area contributed by atoms with Crippen molar-refractivity contribution in [2.24, 2.45) is 11.7 Å². The summed E-state index contributed by atoms with van der Waals surface area (Å²) < 4.78 is 37.6. The number of phenolic OH excluding ortho intramolecular Hbond substituents is 1. The zero-order chi connectivity index (χ0) is 15.3. The molecule has 20 heavy (non-hydrogen) atoms. The van der Waals surface area contributed by atoms with Crippen molar-refractivity contribution >= 4 is 11.6 Å². The first-order valence-electron chi connectivity index (χ1n) is 6.18. The van der Waals surface area contributed by atoms with E-state index >= 15 is 0 Å². The SMILES string of the molecule is CCC(CN)CC(=O)Nc1cc(C(F)(F)F)ccc1O. The molecule has 0 heterocycles. The van der Waals surface area contributed by atoms with Crippen molar-refractivity contribution in [3.05, 3.63) is 23.8 Å². The number of halogens is 3. The first-order valence-corrected chi connectivity index (χ1v) is 6.18. The predicted molar refractivity (Wildman–Crippen MR) is 69.2 cm³/mol. The number of nitrogens with two attached hydrogens (primary N) is 1. The smallest absolute Gasteiger partial charge is 0.416 e. The molecule has 0 spiro atoms. The van der Waals surface area contributed by atoms with Crippen LogP contribution in [-0.4, -0.2) is 17.6 Å². The van der Waals surface area contributed by atoms with E-state index in [1.807, 2.05) is 6.92 Å². The fourth-order valence-corrected chi connectivity index (χ4v) is 1.67. The molecular formula is C13H17F3N2O2. The lowest BCUT2D eigenvalue weighted by molar-refractivity contribution is -0.137. The summed E-state index contributed by atoms with van der Waals surface area (Å²) in [6, 6.07) is 2.36. The minimum atomic E-state index is -4.53. The summed E-state index contributed by atoms with van der Waals surface area (Å²) in [5.74, 6) is -0.924. The molecule has 0 saturated heterocycles. The van der Waals surface area contributed by atoms with Crippen LogP contribution in [0.5, 0.6) is 5.75 Å². The average Bonchev–Trinajstić information content (AvgIpc) is 2.37. The summed E-state index contributed by atoms with van der Waals surface area (Å²) in [6.45, 7) is 2.19. The molecule has 7 heteroatoms. The molecule has 112 valence electrons. The second-order valence-corrected chi connectivity index (χ2v) is 4.49. The van der Waals surface area contributed by atoms with Crippen molar-refractivity contribution in [1.82, 2.24) is 0 Å². The third kappa shape index (κ3) is 4.41. The number of hydrogen-bond acceptors (Lipinski definition) is 3. The highest BCUT2D eigenvalue weighted by molar-refractivity contribution is 5.92. The molecule has 1 unspecified atom stereocenters. The second-order valence-electron chi connectivity index (χ2n) is 4.49. The highest BCUT2D eigenvalue weighted by Gasteiger charge is 2.31. The van der Waals surface area contributed by atoms with Gasteiger partial charge in [0.2, 0.25) is 5.91 Å². The standard InChI is InChI=1S/C13H17F3N2O2/c1-2-8(7-17)5-12(20)18-10-6-9(13(14,15)16)3-4-11(10)19/h3-4,6,8,19H,2,5,7,17H2,1H3,(H,18,20). The summed E-state index contributed by atoms with van der Waals surface area (Å²) in [5, 5.41) is 11.8. The van der Waals surface area contributed by atoms with Gasteiger partial charge in [0, 0.05) is 6.42 Å². The van der Waals surface area contributed by atoms with Crippen LogP contribution < -0.4 is 11.1 Å². The van der Waals surface area contributed by atoms with Crippen molar-refractivity contribution in [3.63, 3.8) is 0 Å². The lowest BCUT2D eigenvalue weighted by Gasteiger charge is -2.14. The molecule has 0 aliphatic carbocycles. The summed E-state index contributed by atoms with van der Waals surface area (Å²) >= 11 is 0. The van der Waals surface area contributed by atoms with E-state index in [9.17, 15) is 23.1 Å². The molecule has 0 saturated carbocycles. The fourth-order valence-electron chi connectivity index (χ4n) is 1.67. The van der Waals surface area contributed by atoms with E-state index in [4.69, 9.17) is 5.73 Å². The maximum Gasteiger partial charge on any atom is 0.416 e. The number of rotatable bonds is 5. The number of benzene rings is 1. The number of hydrogen-bond donors (Lipinski definition) is 3. The van der Waals surface area contributed by atoms with Crippen LogP contribution in [0, 0.1) is 5.92 Å². The van der Waals surface area contributed by atoms with Gasteiger partial charge in [-0.15, -0.1) is 0 Å². The fraction of sp³-hybridized carbons (Fsp3) is 0.462. The van der Waals surface area contributed by atoms with Crippen LogP contribution in [0.3, 0.4) is 0 Å². The largest absolute Gasteiger partial charge is 0.506 e. The molecule has 1 aromatic rings. The van der Waals surface area contributed by atoms with Gasteiger partial charge in [0.25, 0.3) is 0 Å². The molecule has 0 aromatic heterocycles. The molecule has 1 atom stereocenters. The number of carbonyl (C=O) groups excluding carboxylic acids is 1. The van der Waals surface area contributed by atoms with Gasteiger partial charge in [-0.25, -0.2) is 0 Å². The van der Waals surface area contributed by atoms with Crippen molar-refractivity contribution in [1.29, 1.82) is 0 Å². The van der Waals surface area contributed by atoms with Crippen LogP contribution in [0.4, 0.5) is 18.9 Å². The lowest BCUT2D eigenvalue weighted by atomic mass is 10.0. The van der Waals surface area contributed by atoms with Gasteiger partial charge in [-0.2, -0.15) is 13.2 Å².